The standard InChI is InChI=1S/C28H41NO/c1-3-5-6-7-8-9-10-23-11-13-25(14-12-23)28-20-17-26(22-29-28)24-15-18-27(19-16-24)30-21-4-2/h15-20,22-23,25H,3-14,21H2,1-2H3/t23-,25-. The predicted molar refractivity (Wildman–Crippen MR) is 128 cm³/mol. The minimum atomic E-state index is 0.657. The zero-order chi connectivity index (χ0) is 21.0. The van der Waals surface area contributed by atoms with E-state index in [1.54, 1.807) is 0 Å². The number of rotatable bonds is 12. The van der Waals surface area contributed by atoms with Crippen molar-refractivity contribution in [2.75, 3.05) is 6.61 Å². The van der Waals surface area contributed by atoms with E-state index in [-0.39, 0.29) is 0 Å². The number of hydrogen-bond donors (Lipinski definition) is 0. The van der Waals surface area contributed by atoms with Crippen LogP contribution in [0.15, 0.2) is 42.6 Å². The minimum absolute atomic E-state index is 0.657. The largest absolute Gasteiger partial charge is 0.494 e. The number of hydrogen-bond acceptors (Lipinski definition) is 2. The van der Waals surface area contributed by atoms with Gasteiger partial charge in [0.2, 0.25) is 0 Å². The van der Waals surface area contributed by atoms with Gasteiger partial charge in [-0.1, -0.05) is 77.0 Å². The van der Waals surface area contributed by atoms with E-state index in [2.05, 4.69) is 56.4 Å². The molecule has 0 unspecified atom stereocenters. The molecule has 0 N–H and O–H groups in total. The molecule has 0 bridgehead atoms. The normalized spacial score (nSPS) is 19.0. The van der Waals surface area contributed by atoms with Crippen molar-refractivity contribution < 1.29 is 4.74 Å². The van der Waals surface area contributed by atoms with Gasteiger partial charge in [0.15, 0.2) is 0 Å². The Kier molecular flexibility index (Phi) is 9.73. The third kappa shape index (κ3) is 7.15. The van der Waals surface area contributed by atoms with Crippen LogP contribution in [-0.2, 0) is 0 Å². The molecule has 3 rings (SSSR count). The van der Waals surface area contributed by atoms with Crippen LogP contribution >= 0.6 is 0 Å². The van der Waals surface area contributed by atoms with Crippen LogP contribution in [0.1, 0.15) is 103 Å². The number of nitrogens with zero attached hydrogens (tertiary/aromatic N) is 1. The van der Waals surface area contributed by atoms with Crippen molar-refractivity contribution >= 4 is 0 Å². The van der Waals surface area contributed by atoms with Crippen LogP contribution in [0.5, 0.6) is 5.75 Å². The van der Waals surface area contributed by atoms with Gasteiger partial charge in [0.25, 0.3) is 0 Å². The van der Waals surface area contributed by atoms with E-state index in [0.29, 0.717) is 5.92 Å². The third-order valence-electron chi connectivity index (χ3n) is 6.68. The van der Waals surface area contributed by atoms with E-state index in [1.807, 2.05) is 0 Å². The zero-order valence-corrected chi connectivity index (χ0v) is 19.2. The minimum Gasteiger partial charge on any atom is -0.494 e. The fourth-order valence-electron chi connectivity index (χ4n) is 4.74. The van der Waals surface area contributed by atoms with E-state index in [0.717, 1.165) is 24.7 Å². The first-order chi connectivity index (χ1) is 14.8. The molecule has 0 amide bonds. The van der Waals surface area contributed by atoms with Crippen molar-refractivity contribution in [1.29, 1.82) is 0 Å². The van der Waals surface area contributed by atoms with Crippen molar-refractivity contribution in [2.45, 2.75) is 96.8 Å². The van der Waals surface area contributed by atoms with E-state index in [9.17, 15) is 0 Å². The molecule has 2 nitrogen and oxygen atoms in total. The molecule has 0 radical (unpaired) electrons. The maximum Gasteiger partial charge on any atom is 0.119 e. The molecule has 2 heteroatoms. The van der Waals surface area contributed by atoms with Gasteiger partial charge >= 0.3 is 0 Å². The Labute approximate surface area is 184 Å². The smallest absolute Gasteiger partial charge is 0.119 e. The summed E-state index contributed by atoms with van der Waals surface area (Å²) in [5, 5.41) is 0. The predicted octanol–water partition coefficient (Wildman–Crippen LogP) is 8.56. The second-order valence-electron chi connectivity index (χ2n) is 9.12. The highest BCUT2D eigenvalue weighted by molar-refractivity contribution is 5.63. The Morgan fingerprint density at radius 1 is 0.767 bits per heavy atom. The van der Waals surface area contributed by atoms with Gasteiger partial charge in [-0.3, -0.25) is 4.98 Å². The highest BCUT2D eigenvalue weighted by Crippen LogP contribution is 2.37. The van der Waals surface area contributed by atoms with Crippen molar-refractivity contribution in [1.82, 2.24) is 4.98 Å². The quantitative estimate of drug-likeness (QED) is 0.329. The Hall–Kier alpha value is -1.83. The first-order valence-electron chi connectivity index (χ1n) is 12.5. The molecule has 1 aromatic carbocycles. The summed E-state index contributed by atoms with van der Waals surface area (Å²) in [6.07, 6.45) is 18.5. The highest BCUT2D eigenvalue weighted by Gasteiger charge is 2.22. The number of benzene rings is 1. The number of aromatic nitrogens is 1. The molecular weight excluding hydrogens is 366 g/mol. The summed E-state index contributed by atoms with van der Waals surface area (Å²) in [6.45, 7) is 5.20. The van der Waals surface area contributed by atoms with E-state index in [4.69, 9.17) is 9.72 Å². The maximum absolute atomic E-state index is 5.68. The Balaban J connectivity index is 1.42. The van der Waals surface area contributed by atoms with Crippen LogP contribution in [0.25, 0.3) is 11.1 Å². The molecule has 0 aliphatic heterocycles. The lowest BCUT2D eigenvalue weighted by Crippen LogP contribution is -2.14. The van der Waals surface area contributed by atoms with E-state index < -0.39 is 0 Å². The van der Waals surface area contributed by atoms with Gasteiger partial charge in [0, 0.05) is 23.4 Å². The molecule has 1 heterocycles. The number of pyridine rings is 1. The van der Waals surface area contributed by atoms with E-state index >= 15 is 0 Å². The molecular formula is C28H41NO. The second-order valence-corrected chi connectivity index (χ2v) is 9.12. The average Bonchev–Trinajstić information content (AvgIpc) is 2.81. The SMILES string of the molecule is CCCCCCCC[C@H]1CC[C@H](c2ccc(-c3ccc(OCCC)cc3)cn2)CC1. The molecule has 1 aliphatic carbocycles. The fraction of sp³-hybridized carbons (Fsp3) is 0.607. The van der Waals surface area contributed by atoms with E-state index in [1.165, 1.54) is 87.4 Å². The number of ether oxygens (including phenoxy) is 1. The Morgan fingerprint density at radius 3 is 2.13 bits per heavy atom. The van der Waals surface area contributed by atoms with Crippen LogP contribution in [0.4, 0.5) is 0 Å². The summed E-state index contributed by atoms with van der Waals surface area (Å²) >= 11 is 0. The van der Waals surface area contributed by atoms with Gasteiger partial charge in [-0.05, 0) is 61.8 Å². The van der Waals surface area contributed by atoms with Gasteiger partial charge in [0.1, 0.15) is 5.75 Å². The fourth-order valence-corrected chi connectivity index (χ4v) is 4.74. The summed E-state index contributed by atoms with van der Waals surface area (Å²) in [5.74, 6) is 2.56. The molecule has 0 saturated heterocycles. The average molecular weight is 408 g/mol. The van der Waals surface area contributed by atoms with Gasteiger partial charge in [-0.2, -0.15) is 0 Å². The van der Waals surface area contributed by atoms with Crippen LogP contribution in [-0.4, -0.2) is 11.6 Å². The Bertz CT molecular complexity index is 698. The molecule has 0 spiro atoms. The molecule has 1 aliphatic rings. The van der Waals surface area contributed by atoms with Crippen molar-refractivity contribution in [2.24, 2.45) is 5.92 Å². The van der Waals surface area contributed by atoms with Crippen LogP contribution in [0, 0.1) is 5.92 Å². The van der Waals surface area contributed by atoms with Crippen molar-refractivity contribution in [3.8, 4) is 16.9 Å². The molecule has 30 heavy (non-hydrogen) atoms. The molecule has 1 fully saturated rings. The van der Waals surface area contributed by atoms with Crippen molar-refractivity contribution in [3.05, 3.63) is 48.3 Å². The van der Waals surface area contributed by atoms with Crippen LogP contribution < -0.4 is 4.74 Å². The molecule has 0 atom stereocenters. The molecule has 164 valence electrons. The zero-order valence-electron chi connectivity index (χ0n) is 19.2. The van der Waals surface area contributed by atoms with Crippen molar-refractivity contribution in [3.63, 3.8) is 0 Å². The van der Waals surface area contributed by atoms with Gasteiger partial charge < -0.3 is 4.74 Å². The summed E-state index contributed by atoms with van der Waals surface area (Å²) in [4.78, 5) is 4.85. The maximum atomic E-state index is 5.68. The van der Waals surface area contributed by atoms with Gasteiger partial charge in [0.05, 0.1) is 6.61 Å². The molecule has 1 saturated carbocycles. The van der Waals surface area contributed by atoms with Crippen LogP contribution in [0.3, 0.4) is 0 Å². The van der Waals surface area contributed by atoms with Gasteiger partial charge in [-0.15, -0.1) is 0 Å². The highest BCUT2D eigenvalue weighted by atomic mass is 16.5. The number of unbranched alkanes of at least 4 members (excludes halogenated alkanes) is 5. The van der Waals surface area contributed by atoms with Crippen LogP contribution in [0.2, 0.25) is 0 Å². The summed E-state index contributed by atoms with van der Waals surface area (Å²) < 4.78 is 5.68. The first kappa shape index (κ1) is 22.8. The topological polar surface area (TPSA) is 22.1 Å². The molecule has 2 aromatic rings. The summed E-state index contributed by atoms with van der Waals surface area (Å²) in [7, 11) is 0. The second kappa shape index (κ2) is 12.8. The monoisotopic (exact) mass is 407 g/mol. The molecule has 1 aromatic heterocycles. The lowest BCUT2D eigenvalue weighted by molar-refractivity contribution is 0.299. The Morgan fingerprint density at radius 2 is 1.47 bits per heavy atom. The summed E-state index contributed by atoms with van der Waals surface area (Å²) in [5.41, 5.74) is 3.69. The lowest BCUT2D eigenvalue weighted by atomic mass is 9.78. The third-order valence-corrected chi connectivity index (χ3v) is 6.68. The first-order valence-corrected chi connectivity index (χ1v) is 12.5. The summed E-state index contributed by atoms with van der Waals surface area (Å²) in [6, 6.07) is 12.9. The lowest BCUT2D eigenvalue weighted by Gasteiger charge is -2.28. The van der Waals surface area contributed by atoms with Gasteiger partial charge in [-0.25, -0.2) is 0 Å².